The summed E-state index contributed by atoms with van der Waals surface area (Å²) < 4.78 is 0. The van der Waals surface area contributed by atoms with Crippen molar-refractivity contribution in [1.29, 1.82) is 0 Å². The number of H-pyrrole nitrogens is 1. The number of aromatic amines is 1. The molecule has 0 aliphatic carbocycles. The van der Waals surface area contributed by atoms with Gasteiger partial charge in [-0.05, 0) is 24.7 Å². The van der Waals surface area contributed by atoms with Gasteiger partial charge in [0, 0.05) is 0 Å². The van der Waals surface area contributed by atoms with E-state index in [-0.39, 0.29) is 11.6 Å². The lowest BCUT2D eigenvalue weighted by Gasteiger charge is -2.27. The molecule has 19 heavy (non-hydrogen) atoms. The Morgan fingerprint density at radius 3 is 2.74 bits per heavy atom. The number of rotatable bonds is 1. The smallest absolute Gasteiger partial charge is 0.258 e. The normalized spacial score (nSPS) is 17.3. The van der Waals surface area contributed by atoms with E-state index in [0.29, 0.717) is 16.5 Å². The maximum Gasteiger partial charge on any atom is 0.258 e. The summed E-state index contributed by atoms with van der Waals surface area (Å²) in [5.74, 6) is 0.512. The van der Waals surface area contributed by atoms with Crippen LogP contribution in [0.4, 0.5) is 5.82 Å². The van der Waals surface area contributed by atoms with Crippen LogP contribution in [0.1, 0.15) is 22.7 Å². The van der Waals surface area contributed by atoms with Gasteiger partial charge >= 0.3 is 0 Å². The van der Waals surface area contributed by atoms with Crippen molar-refractivity contribution < 1.29 is 0 Å². The molecule has 1 atom stereocenters. The van der Waals surface area contributed by atoms with Gasteiger partial charge in [-0.15, -0.1) is 0 Å². The molecule has 1 aliphatic rings. The number of nitrogens with one attached hydrogen (secondary N) is 3. The molecule has 1 aromatic heterocycles. The zero-order valence-electron chi connectivity index (χ0n) is 10.2. The summed E-state index contributed by atoms with van der Waals surface area (Å²) in [6, 6.07) is 7.70. The second-order valence-corrected chi connectivity index (χ2v) is 4.84. The zero-order chi connectivity index (χ0) is 13.4. The molecule has 2 aromatic rings. The number of benzene rings is 1. The van der Waals surface area contributed by atoms with E-state index in [1.165, 1.54) is 11.9 Å². The first kappa shape index (κ1) is 11.9. The van der Waals surface area contributed by atoms with Gasteiger partial charge in [-0.25, -0.2) is 4.98 Å². The molecule has 3 rings (SSSR count). The van der Waals surface area contributed by atoms with Crippen LogP contribution in [-0.2, 0) is 0 Å². The Balaban J connectivity index is 2.15. The minimum atomic E-state index is -0.276. The molecule has 0 spiro atoms. The largest absolute Gasteiger partial charge is 0.351 e. The van der Waals surface area contributed by atoms with E-state index in [1.54, 1.807) is 0 Å². The second kappa shape index (κ2) is 4.47. The fourth-order valence-corrected chi connectivity index (χ4v) is 2.35. The van der Waals surface area contributed by atoms with E-state index in [0.717, 1.165) is 5.56 Å². The molecule has 5 nitrogen and oxygen atoms in total. The van der Waals surface area contributed by atoms with Crippen molar-refractivity contribution in [1.82, 2.24) is 15.3 Å². The standard InChI is InChI=1S/C13H12N4OS/c1-7-2-4-8(5-3-7)10-9-11(17-13(19)16-10)14-6-15-12(9)18/h2-6,10H,1H3,(H3,14,15,16,17,18,19). The molecule has 1 aliphatic heterocycles. The highest BCUT2D eigenvalue weighted by atomic mass is 32.1. The molecular weight excluding hydrogens is 260 g/mol. The molecule has 0 saturated carbocycles. The first-order chi connectivity index (χ1) is 9.15. The fraction of sp³-hybridized carbons (Fsp3) is 0.154. The number of hydrogen-bond donors (Lipinski definition) is 3. The number of hydrogen-bond acceptors (Lipinski definition) is 3. The van der Waals surface area contributed by atoms with E-state index in [1.807, 2.05) is 31.2 Å². The molecule has 1 unspecified atom stereocenters. The van der Waals surface area contributed by atoms with Crippen molar-refractivity contribution in [2.45, 2.75) is 13.0 Å². The van der Waals surface area contributed by atoms with E-state index in [2.05, 4.69) is 20.6 Å². The first-order valence-electron chi connectivity index (χ1n) is 5.87. The monoisotopic (exact) mass is 272 g/mol. The SMILES string of the molecule is Cc1ccc(C2NC(=S)Nc3nc[nH]c(=O)c32)cc1. The summed E-state index contributed by atoms with van der Waals surface area (Å²) in [6.45, 7) is 2.02. The van der Waals surface area contributed by atoms with Crippen molar-refractivity contribution in [3.8, 4) is 0 Å². The molecule has 6 heteroatoms. The Labute approximate surface area is 115 Å². The number of aromatic nitrogens is 2. The highest BCUT2D eigenvalue weighted by molar-refractivity contribution is 7.80. The van der Waals surface area contributed by atoms with Gasteiger partial charge in [0.15, 0.2) is 5.11 Å². The lowest BCUT2D eigenvalue weighted by molar-refractivity contribution is 0.735. The third-order valence-corrected chi connectivity index (χ3v) is 3.32. The summed E-state index contributed by atoms with van der Waals surface area (Å²) in [5.41, 5.74) is 2.54. The molecule has 1 aromatic carbocycles. The molecule has 0 radical (unpaired) electrons. The number of anilines is 1. The van der Waals surface area contributed by atoms with Gasteiger partial charge in [-0.2, -0.15) is 0 Å². The lowest BCUT2D eigenvalue weighted by Crippen LogP contribution is -2.41. The fourth-order valence-electron chi connectivity index (χ4n) is 2.13. The lowest BCUT2D eigenvalue weighted by atomic mass is 9.98. The molecule has 2 heterocycles. The number of thiocarbonyl (C=S) groups is 1. The van der Waals surface area contributed by atoms with Crippen LogP contribution in [0.15, 0.2) is 35.4 Å². The van der Waals surface area contributed by atoms with Crippen LogP contribution >= 0.6 is 12.2 Å². The minimum Gasteiger partial charge on any atom is -0.351 e. The van der Waals surface area contributed by atoms with Crippen molar-refractivity contribution >= 4 is 23.1 Å². The van der Waals surface area contributed by atoms with Gasteiger partial charge in [0.05, 0.1) is 17.9 Å². The van der Waals surface area contributed by atoms with Crippen LogP contribution in [-0.4, -0.2) is 15.1 Å². The van der Waals surface area contributed by atoms with Gasteiger partial charge < -0.3 is 15.6 Å². The van der Waals surface area contributed by atoms with E-state index in [9.17, 15) is 4.79 Å². The van der Waals surface area contributed by atoms with Crippen LogP contribution in [0.25, 0.3) is 0 Å². The maximum atomic E-state index is 12.0. The molecule has 0 fully saturated rings. The summed E-state index contributed by atoms with van der Waals surface area (Å²) in [6.07, 6.45) is 1.37. The number of nitrogens with zero attached hydrogens (tertiary/aromatic N) is 1. The summed E-state index contributed by atoms with van der Waals surface area (Å²) in [5, 5.41) is 6.48. The van der Waals surface area contributed by atoms with Gasteiger partial charge in [-0.3, -0.25) is 4.79 Å². The van der Waals surface area contributed by atoms with Crippen molar-refractivity contribution in [3.05, 3.63) is 57.6 Å². The third-order valence-electron chi connectivity index (χ3n) is 3.10. The molecular formula is C13H12N4OS. The molecule has 0 saturated heterocycles. The van der Waals surface area contributed by atoms with Crippen LogP contribution in [0.2, 0.25) is 0 Å². The maximum absolute atomic E-state index is 12.0. The molecule has 3 N–H and O–H groups in total. The molecule has 96 valence electrons. The van der Waals surface area contributed by atoms with Crippen LogP contribution < -0.4 is 16.2 Å². The average molecular weight is 272 g/mol. The molecule has 0 bridgehead atoms. The van der Waals surface area contributed by atoms with Gasteiger partial charge in [-0.1, -0.05) is 29.8 Å². The predicted molar refractivity (Wildman–Crippen MR) is 77.2 cm³/mol. The van der Waals surface area contributed by atoms with Crippen molar-refractivity contribution in [3.63, 3.8) is 0 Å². The summed E-state index contributed by atoms with van der Waals surface area (Å²) >= 11 is 5.15. The van der Waals surface area contributed by atoms with Gasteiger partial charge in [0.1, 0.15) is 5.82 Å². The highest BCUT2D eigenvalue weighted by Gasteiger charge is 2.27. The summed E-state index contributed by atoms with van der Waals surface area (Å²) in [7, 11) is 0. The Kier molecular flexibility index (Phi) is 2.79. The highest BCUT2D eigenvalue weighted by Crippen LogP contribution is 2.27. The summed E-state index contributed by atoms with van der Waals surface area (Å²) in [4.78, 5) is 18.7. The van der Waals surface area contributed by atoms with Gasteiger partial charge in [0.25, 0.3) is 5.56 Å². The minimum absolute atomic E-state index is 0.168. The Morgan fingerprint density at radius 2 is 2.00 bits per heavy atom. The van der Waals surface area contributed by atoms with Crippen molar-refractivity contribution in [2.24, 2.45) is 0 Å². The second-order valence-electron chi connectivity index (χ2n) is 4.44. The number of fused-ring (bicyclic) bond motifs is 1. The van der Waals surface area contributed by atoms with E-state index >= 15 is 0 Å². The quantitative estimate of drug-likeness (QED) is 0.686. The third kappa shape index (κ3) is 2.10. The Hall–Kier alpha value is -2.21. The van der Waals surface area contributed by atoms with Crippen LogP contribution in [0, 0.1) is 6.92 Å². The topological polar surface area (TPSA) is 69.8 Å². The predicted octanol–water partition coefficient (Wildman–Crippen LogP) is 1.47. The molecule has 0 amide bonds. The Morgan fingerprint density at radius 1 is 1.26 bits per heavy atom. The van der Waals surface area contributed by atoms with E-state index in [4.69, 9.17) is 12.2 Å². The van der Waals surface area contributed by atoms with Crippen LogP contribution in [0.5, 0.6) is 0 Å². The average Bonchev–Trinajstić information content (AvgIpc) is 2.38. The van der Waals surface area contributed by atoms with Gasteiger partial charge in [0.2, 0.25) is 0 Å². The van der Waals surface area contributed by atoms with Crippen molar-refractivity contribution in [2.75, 3.05) is 5.32 Å². The Bertz CT molecular complexity index is 693. The van der Waals surface area contributed by atoms with Crippen LogP contribution in [0.3, 0.4) is 0 Å². The zero-order valence-corrected chi connectivity index (χ0v) is 11.0. The number of aryl methyl sites for hydroxylation is 1. The van der Waals surface area contributed by atoms with E-state index < -0.39 is 0 Å². The first-order valence-corrected chi connectivity index (χ1v) is 6.27.